The van der Waals surface area contributed by atoms with Gasteiger partial charge < -0.3 is 9.88 Å². The van der Waals surface area contributed by atoms with Gasteiger partial charge in [0.15, 0.2) is 0 Å². The maximum Gasteiger partial charge on any atom is 0.254 e. The molecule has 0 atom stereocenters. The second-order valence-electron chi connectivity index (χ2n) is 7.84. The maximum absolute atomic E-state index is 13.9. The monoisotopic (exact) mass is 414 g/mol. The lowest BCUT2D eigenvalue weighted by Crippen LogP contribution is -2.48. The zero-order chi connectivity index (χ0) is 21.2. The van der Waals surface area contributed by atoms with Crippen molar-refractivity contribution in [1.82, 2.24) is 19.8 Å². The number of amides is 1. The summed E-state index contributed by atoms with van der Waals surface area (Å²) in [5.74, 6) is 0.633. The number of carbonyl (C=O) groups is 1. The number of H-pyrrole nitrogens is 1. The molecule has 3 aromatic carbocycles. The van der Waals surface area contributed by atoms with Gasteiger partial charge in [0.1, 0.15) is 11.6 Å². The lowest BCUT2D eigenvalue weighted by Gasteiger charge is -2.34. The van der Waals surface area contributed by atoms with Crippen LogP contribution in [-0.4, -0.2) is 51.9 Å². The second kappa shape index (κ2) is 8.32. The van der Waals surface area contributed by atoms with Crippen LogP contribution in [0.3, 0.4) is 0 Å². The molecular weight excluding hydrogens is 391 g/mol. The summed E-state index contributed by atoms with van der Waals surface area (Å²) in [5, 5.41) is 0. The van der Waals surface area contributed by atoms with Crippen LogP contribution in [0.25, 0.3) is 22.4 Å². The molecule has 1 fully saturated rings. The van der Waals surface area contributed by atoms with Gasteiger partial charge in [0.05, 0.1) is 11.0 Å². The van der Waals surface area contributed by atoms with Crippen LogP contribution in [0.15, 0.2) is 72.8 Å². The number of halogens is 1. The number of aromatic nitrogens is 2. The van der Waals surface area contributed by atoms with Crippen molar-refractivity contribution in [2.75, 3.05) is 26.2 Å². The number of hydrogen-bond acceptors (Lipinski definition) is 3. The number of rotatable bonds is 4. The highest BCUT2D eigenvalue weighted by molar-refractivity contribution is 5.97. The minimum absolute atomic E-state index is 0.0169. The highest BCUT2D eigenvalue weighted by Gasteiger charge is 2.23. The van der Waals surface area contributed by atoms with Crippen molar-refractivity contribution in [2.24, 2.45) is 0 Å². The molecular formula is C25H23FN4O. The Hall–Kier alpha value is -3.51. The van der Waals surface area contributed by atoms with Crippen LogP contribution < -0.4 is 0 Å². The van der Waals surface area contributed by atoms with E-state index >= 15 is 0 Å². The van der Waals surface area contributed by atoms with Crippen molar-refractivity contribution in [3.05, 3.63) is 89.7 Å². The zero-order valence-electron chi connectivity index (χ0n) is 17.1. The molecule has 4 aromatic rings. The van der Waals surface area contributed by atoms with Crippen LogP contribution >= 0.6 is 0 Å². The Bertz CT molecular complexity index is 1210. The van der Waals surface area contributed by atoms with Crippen LogP contribution in [0.5, 0.6) is 0 Å². The fourth-order valence-corrected chi connectivity index (χ4v) is 4.03. The molecule has 0 unspecified atom stereocenters. The van der Waals surface area contributed by atoms with E-state index in [1.54, 1.807) is 6.07 Å². The molecule has 1 N–H and O–H groups in total. The van der Waals surface area contributed by atoms with Crippen LogP contribution in [0.2, 0.25) is 0 Å². The van der Waals surface area contributed by atoms with Gasteiger partial charge in [-0.25, -0.2) is 9.37 Å². The van der Waals surface area contributed by atoms with Gasteiger partial charge in [-0.2, -0.15) is 0 Å². The van der Waals surface area contributed by atoms with E-state index in [1.165, 1.54) is 6.07 Å². The molecule has 1 aliphatic rings. The number of benzene rings is 3. The van der Waals surface area contributed by atoms with Crippen molar-refractivity contribution in [2.45, 2.75) is 6.54 Å². The Morgan fingerprint density at radius 3 is 2.45 bits per heavy atom. The van der Waals surface area contributed by atoms with E-state index in [2.05, 4.69) is 14.9 Å². The normalized spacial score (nSPS) is 14.8. The largest absolute Gasteiger partial charge is 0.338 e. The molecule has 1 aromatic heterocycles. The Morgan fingerprint density at radius 2 is 1.68 bits per heavy atom. The van der Waals surface area contributed by atoms with Crippen molar-refractivity contribution in [1.29, 1.82) is 0 Å². The summed E-state index contributed by atoms with van der Waals surface area (Å²) in [6.07, 6.45) is 0. The summed E-state index contributed by atoms with van der Waals surface area (Å²) in [5.41, 5.74) is 4.05. The van der Waals surface area contributed by atoms with Crippen molar-refractivity contribution >= 4 is 16.9 Å². The first-order valence-electron chi connectivity index (χ1n) is 10.5. The van der Waals surface area contributed by atoms with Crippen LogP contribution in [0.1, 0.15) is 15.9 Å². The number of nitrogens with zero attached hydrogens (tertiary/aromatic N) is 3. The summed E-state index contributed by atoms with van der Waals surface area (Å²) >= 11 is 0. The highest BCUT2D eigenvalue weighted by Crippen LogP contribution is 2.22. The molecule has 0 saturated carbocycles. The predicted molar refractivity (Wildman–Crippen MR) is 119 cm³/mol. The Balaban J connectivity index is 1.27. The van der Waals surface area contributed by atoms with E-state index in [0.717, 1.165) is 35.5 Å². The molecule has 5 rings (SSSR count). The van der Waals surface area contributed by atoms with E-state index in [4.69, 9.17) is 0 Å². The standard InChI is InChI=1S/C25H23FN4O/c26-21-9-5-4-8-20(21)17-29-12-14-30(15-13-29)25(31)19-10-11-22-23(16-19)28-24(27-22)18-6-2-1-3-7-18/h1-11,16H,12-15,17H2,(H,27,28). The summed E-state index contributed by atoms with van der Waals surface area (Å²) in [7, 11) is 0. The first kappa shape index (κ1) is 19.5. The lowest BCUT2D eigenvalue weighted by atomic mass is 10.1. The number of nitrogens with one attached hydrogen (secondary N) is 1. The van der Waals surface area contributed by atoms with E-state index in [0.29, 0.717) is 30.8 Å². The number of imidazole rings is 1. The Morgan fingerprint density at radius 1 is 0.935 bits per heavy atom. The second-order valence-corrected chi connectivity index (χ2v) is 7.84. The smallest absolute Gasteiger partial charge is 0.254 e. The van der Waals surface area contributed by atoms with E-state index in [-0.39, 0.29) is 11.7 Å². The number of fused-ring (bicyclic) bond motifs is 1. The first-order valence-corrected chi connectivity index (χ1v) is 10.5. The van der Waals surface area contributed by atoms with Gasteiger partial charge in [0.25, 0.3) is 5.91 Å². The van der Waals surface area contributed by atoms with Gasteiger partial charge in [-0.15, -0.1) is 0 Å². The summed E-state index contributed by atoms with van der Waals surface area (Å²) < 4.78 is 13.9. The Kier molecular flexibility index (Phi) is 5.22. The minimum Gasteiger partial charge on any atom is -0.338 e. The molecule has 1 aliphatic heterocycles. The van der Waals surface area contributed by atoms with Crippen LogP contribution in [0, 0.1) is 5.82 Å². The molecule has 0 spiro atoms. The topological polar surface area (TPSA) is 52.2 Å². The van der Waals surface area contributed by atoms with Gasteiger partial charge in [-0.1, -0.05) is 48.5 Å². The fourth-order valence-electron chi connectivity index (χ4n) is 4.03. The van der Waals surface area contributed by atoms with E-state index < -0.39 is 0 Å². The maximum atomic E-state index is 13.9. The first-order chi connectivity index (χ1) is 15.2. The number of carbonyl (C=O) groups excluding carboxylic acids is 1. The van der Waals surface area contributed by atoms with Gasteiger partial charge in [-0.05, 0) is 24.3 Å². The van der Waals surface area contributed by atoms with Gasteiger partial charge in [0, 0.05) is 49.4 Å². The number of hydrogen-bond donors (Lipinski definition) is 1. The Labute approximate surface area is 180 Å². The average Bonchev–Trinajstić information content (AvgIpc) is 3.25. The van der Waals surface area contributed by atoms with E-state index in [1.807, 2.05) is 65.6 Å². The van der Waals surface area contributed by atoms with Crippen molar-refractivity contribution < 1.29 is 9.18 Å². The van der Waals surface area contributed by atoms with Gasteiger partial charge >= 0.3 is 0 Å². The average molecular weight is 414 g/mol. The molecule has 31 heavy (non-hydrogen) atoms. The summed E-state index contributed by atoms with van der Waals surface area (Å²) in [4.78, 5) is 25.1. The SMILES string of the molecule is O=C(c1ccc2nc(-c3ccccc3)[nH]c2c1)N1CCN(Cc2ccccc2F)CC1. The highest BCUT2D eigenvalue weighted by atomic mass is 19.1. The molecule has 1 amide bonds. The van der Waals surface area contributed by atoms with E-state index in [9.17, 15) is 9.18 Å². The molecule has 6 heteroatoms. The third-order valence-electron chi connectivity index (χ3n) is 5.79. The van der Waals surface area contributed by atoms with Crippen LogP contribution in [-0.2, 0) is 6.54 Å². The quantitative estimate of drug-likeness (QED) is 0.541. The predicted octanol–water partition coefficient (Wildman–Crippen LogP) is 4.33. The molecule has 2 heterocycles. The van der Waals surface area contributed by atoms with Gasteiger partial charge in [-0.3, -0.25) is 9.69 Å². The molecule has 1 saturated heterocycles. The third kappa shape index (κ3) is 4.07. The lowest BCUT2D eigenvalue weighted by molar-refractivity contribution is 0.0627. The minimum atomic E-state index is -0.177. The number of piperazine rings is 1. The molecule has 0 radical (unpaired) electrons. The molecule has 156 valence electrons. The van der Waals surface area contributed by atoms with Crippen molar-refractivity contribution in [3.8, 4) is 11.4 Å². The fraction of sp³-hybridized carbons (Fsp3) is 0.200. The third-order valence-corrected chi connectivity index (χ3v) is 5.79. The van der Waals surface area contributed by atoms with Gasteiger partial charge in [0.2, 0.25) is 0 Å². The molecule has 0 aliphatic carbocycles. The summed E-state index contributed by atoms with van der Waals surface area (Å²) in [6.45, 7) is 3.28. The summed E-state index contributed by atoms with van der Waals surface area (Å²) in [6, 6.07) is 22.4. The number of aromatic amines is 1. The van der Waals surface area contributed by atoms with Crippen LogP contribution in [0.4, 0.5) is 4.39 Å². The zero-order valence-corrected chi connectivity index (χ0v) is 17.1. The molecule has 5 nitrogen and oxygen atoms in total. The van der Waals surface area contributed by atoms with Crippen molar-refractivity contribution in [3.63, 3.8) is 0 Å². The molecule has 0 bridgehead atoms.